The third-order valence-electron chi connectivity index (χ3n) is 4.34. The van der Waals surface area contributed by atoms with Crippen LogP contribution in [0.5, 0.6) is 0 Å². The van der Waals surface area contributed by atoms with Crippen molar-refractivity contribution in [2.45, 2.75) is 45.1 Å². The second kappa shape index (κ2) is 8.33. The van der Waals surface area contributed by atoms with Crippen LogP contribution in [-0.4, -0.2) is 21.4 Å². The Hall–Kier alpha value is -1.70. The number of sulfonamides is 1. The van der Waals surface area contributed by atoms with Gasteiger partial charge in [-0.3, -0.25) is 4.79 Å². The second-order valence-electron chi connectivity index (χ2n) is 6.79. The van der Waals surface area contributed by atoms with E-state index in [1.54, 1.807) is 24.3 Å². The fourth-order valence-electron chi connectivity index (χ4n) is 2.80. The molecule has 2 rings (SSSR count). The van der Waals surface area contributed by atoms with E-state index in [0.717, 1.165) is 16.9 Å². The molecule has 1 heterocycles. The minimum Gasteiger partial charge on any atom is -0.344 e. The number of hydrogen-bond acceptors (Lipinski definition) is 4. The van der Waals surface area contributed by atoms with E-state index >= 15 is 0 Å². The molecule has 0 saturated carbocycles. The summed E-state index contributed by atoms with van der Waals surface area (Å²) in [5, 5.41) is 5.06. The molecule has 0 radical (unpaired) electrons. The van der Waals surface area contributed by atoms with Gasteiger partial charge in [0.05, 0.1) is 10.9 Å². The molecule has 0 saturated heterocycles. The fraction of sp³-hybridized carbons (Fsp3) is 0.421. The number of hydrogen-bond donors (Lipinski definition) is 2. The molecule has 2 N–H and O–H groups in total. The number of carbonyl (C=O) groups excluding carboxylic acids is 1. The third kappa shape index (κ3) is 4.72. The van der Waals surface area contributed by atoms with Crippen molar-refractivity contribution in [3.05, 3.63) is 51.2 Å². The molecule has 1 amide bonds. The molecule has 1 unspecified atom stereocenters. The minimum atomic E-state index is -3.63. The highest BCUT2D eigenvalue weighted by molar-refractivity contribution is 7.89. The van der Waals surface area contributed by atoms with Gasteiger partial charge in [-0.1, -0.05) is 19.9 Å². The van der Waals surface area contributed by atoms with Crippen molar-refractivity contribution < 1.29 is 13.2 Å². The maximum atomic E-state index is 12.8. The molecule has 26 heavy (non-hydrogen) atoms. The van der Waals surface area contributed by atoms with E-state index in [4.69, 9.17) is 0 Å². The number of aryl methyl sites for hydroxylation is 1. The van der Waals surface area contributed by atoms with Crippen LogP contribution in [0, 0.1) is 19.8 Å². The van der Waals surface area contributed by atoms with Crippen LogP contribution in [0.1, 0.15) is 52.7 Å². The number of nitrogens with one attached hydrogen (secondary N) is 2. The maximum Gasteiger partial charge on any atom is 0.251 e. The van der Waals surface area contributed by atoms with Gasteiger partial charge in [-0.25, -0.2) is 13.1 Å². The first-order valence-corrected chi connectivity index (χ1v) is 10.9. The monoisotopic (exact) mass is 394 g/mol. The third-order valence-corrected chi connectivity index (χ3v) is 6.87. The first kappa shape index (κ1) is 20.6. The Bertz CT molecular complexity index is 872. The summed E-state index contributed by atoms with van der Waals surface area (Å²) in [6, 6.07) is 7.07. The van der Waals surface area contributed by atoms with E-state index in [1.165, 1.54) is 13.1 Å². The van der Waals surface area contributed by atoms with Crippen LogP contribution < -0.4 is 10.0 Å². The highest BCUT2D eigenvalue weighted by atomic mass is 32.2. The highest BCUT2D eigenvalue weighted by Gasteiger charge is 2.22. The molecule has 0 spiro atoms. The number of rotatable bonds is 7. The molecule has 0 aliphatic rings. The molecule has 0 aliphatic heterocycles. The zero-order valence-corrected chi connectivity index (χ0v) is 17.4. The van der Waals surface area contributed by atoms with Crippen molar-refractivity contribution >= 4 is 27.3 Å². The Morgan fingerprint density at radius 3 is 2.46 bits per heavy atom. The molecule has 2 aromatic rings. The van der Waals surface area contributed by atoms with Gasteiger partial charge in [0.1, 0.15) is 0 Å². The van der Waals surface area contributed by atoms with Crippen LogP contribution in [0.15, 0.2) is 34.5 Å². The summed E-state index contributed by atoms with van der Waals surface area (Å²) < 4.78 is 26.8. The van der Waals surface area contributed by atoms with Crippen LogP contribution in [0.3, 0.4) is 0 Å². The Balaban J connectivity index is 2.37. The number of thiophene rings is 1. The molecule has 1 aromatic carbocycles. The standard InChI is InChI=1S/C19H26N2O3S2/c1-12(2)9-16(17-7-6-8-25-17)21-19(22)15-10-13(3)14(4)18(11-15)26(23,24)20-5/h6-8,10-12,16,20H,9H2,1-5H3,(H,21,22). The molecule has 142 valence electrons. The van der Waals surface area contributed by atoms with Crippen LogP contribution >= 0.6 is 11.3 Å². The van der Waals surface area contributed by atoms with Gasteiger partial charge in [0.15, 0.2) is 0 Å². The van der Waals surface area contributed by atoms with Crippen LogP contribution in [0.4, 0.5) is 0 Å². The van der Waals surface area contributed by atoms with E-state index in [0.29, 0.717) is 17.0 Å². The van der Waals surface area contributed by atoms with Crippen molar-refractivity contribution in [1.82, 2.24) is 10.0 Å². The lowest BCUT2D eigenvalue weighted by Crippen LogP contribution is -2.29. The predicted molar refractivity (Wildman–Crippen MR) is 106 cm³/mol. The molecule has 0 aliphatic carbocycles. The zero-order chi connectivity index (χ0) is 19.5. The van der Waals surface area contributed by atoms with Crippen molar-refractivity contribution in [1.29, 1.82) is 0 Å². The topological polar surface area (TPSA) is 75.3 Å². The highest BCUT2D eigenvalue weighted by Crippen LogP contribution is 2.27. The number of carbonyl (C=O) groups is 1. The Kier molecular flexibility index (Phi) is 6.60. The van der Waals surface area contributed by atoms with E-state index in [-0.39, 0.29) is 16.8 Å². The van der Waals surface area contributed by atoms with Gasteiger partial charge in [-0.15, -0.1) is 11.3 Å². The first-order chi connectivity index (χ1) is 12.2. The van der Waals surface area contributed by atoms with E-state index in [9.17, 15) is 13.2 Å². The van der Waals surface area contributed by atoms with Crippen LogP contribution in [0.2, 0.25) is 0 Å². The Morgan fingerprint density at radius 2 is 1.92 bits per heavy atom. The predicted octanol–water partition coefficient (Wildman–Crippen LogP) is 3.79. The maximum absolute atomic E-state index is 12.8. The summed E-state index contributed by atoms with van der Waals surface area (Å²) in [4.78, 5) is 14.1. The van der Waals surface area contributed by atoms with Crippen molar-refractivity contribution in [2.75, 3.05) is 7.05 Å². The fourth-order valence-corrected chi connectivity index (χ4v) is 4.65. The lowest BCUT2D eigenvalue weighted by molar-refractivity contribution is 0.0932. The second-order valence-corrected chi connectivity index (χ2v) is 9.63. The normalized spacial score (nSPS) is 13.0. The average molecular weight is 395 g/mol. The van der Waals surface area contributed by atoms with Gasteiger partial charge >= 0.3 is 0 Å². The molecule has 0 fully saturated rings. The number of benzene rings is 1. The summed E-state index contributed by atoms with van der Waals surface area (Å²) in [5.41, 5.74) is 1.77. The smallest absolute Gasteiger partial charge is 0.251 e. The van der Waals surface area contributed by atoms with Gasteiger partial charge in [-0.2, -0.15) is 0 Å². The van der Waals surface area contributed by atoms with Gasteiger partial charge in [0.25, 0.3) is 5.91 Å². The summed E-state index contributed by atoms with van der Waals surface area (Å²) in [6.45, 7) is 7.78. The molecular weight excluding hydrogens is 368 g/mol. The van der Waals surface area contributed by atoms with Gasteiger partial charge < -0.3 is 5.32 Å². The Labute approximate surface area is 159 Å². The van der Waals surface area contributed by atoms with E-state index in [1.807, 2.05) is 24.4 Å². The van der Waals surface area contributed by atoms with Crippen molar-refractivity contribution in [2.24, 2.45) is 5.92 Å². The number of amides is 1. The molecule has 1 atom stereocenters. The summed E-state index contributed by atoms with van der Waals surface area (Å²) >= 11 is 1.61. The Morgan fingerprint density at radius 1 is 1.23 bits per heavy atom. The largest absolute Gasteiger partial charge is 0.344 e. The van der Waals surface area contributed by atoms with E-state index < -0.39 is 10.0 Å². The summed E-state index contributed by atoms with van der Waals surface area (Å²) in [5.74, 6) is 0.155. The van der Waals surface area contributed by atoms with Crippen LogP contribution in [0.25, 0.3) is 0 Å². The zero-order valence-electron chi connectivity index (χ0n) is 15.8. The van der Waals surface area contributed by atoms with Gasteiger partial charge in [-0.05, 0) is 67.9 Å². The molecule has 1 aromatic heterocycles. The van der Waals surface area contributed by atoms with Crippen molar-refractivity contribution in [3.63, 3.8) is 0 Å². The molecular formula is C19H26N2O3S2. The van der Waals surface area contributed by atoms with Crippen LogP contribution in [-0.2, 0) is 10.0 Å². The van der Waals surface area contributed by atoms with E-state index in [2.05, 4.69) is 23.9 Å². The quantitative estimate of drug-likeness (QED) is 0.750. The SMILES string of the molecule is CNS(=O)(=O)c1cc(C(=O)NC(CC(C)C)c2cccs2)cc(C)c1C. The van der Waals surface area contributed by atoms with Gasteiger partial charge in [0.2, 0.25) is 10.0 Å². The molecule has 7 heteroatoms. The lowest BCUT2D eigenvalue weighted by atomic mass is 10.0. The average Bonchev–Trinajstić information content (AvgIpc) is 3.10. The lowest BCUT2D eigenvalue weighted by Gasteiger charge is -2.20. The van der Waals surface area contributed by atoms with Crippen molar-refractivity contribution in [3.8, 4) is 0 Å². The van der Waals surface area contributed by atoms with Gasteiger partial charge in [0, 0.05) is 10.4 Å². The summed E-state index contributed by atoms with van der Waals surface area (Å²) in [7, 11) is -2.26. The molecule has 0 bridgehead atoms. The molecule has 5 nitrogen and oxygen atoms in total. The first-order valence-electron chi connectivity index (χ1n) is 8.54. The summed E-state index contributed by atoms with van der Waals surface area (Å²) in [6.07, 6.45) is 0.818. The minimum absolute atomic E-state index is 0.0894.